The molecule has 9 heteroatoms. The Hall–Kier alpha value is -2.23. The van der Waals surface area contributed by atoms with Crippen molar-refractivity contribution < 1.29 is 13.2 Å². The predicted molar refractivity (Wildman–Crippen MR) is 99.7 cm³/mol. The van der Waals surface area contributed by atoms with Gasteiger partial charge in [-0.3, -0.25) is 0 Å². The third-order valence-corrected chi connectivity index (χ3v) is 6.47. The largest absolute Gasteiger partial charge is 0.497 e. The van der Waals surface area contributed by atoms with Gasteiger partial charge in [0.1, 0.15) is 5.75 Å². The number of hydrogen-bond donors (Lipinski definition) is 1. The van der Waals surface area contributed by atoms with Crippen LogP contribution in [0, 0.1) is 0 Å². The molecular formula is C17H23N5O3S. The Morgan fingerprint density at radius 3 is 2.58 bits per heavy atom. The summed E-state index contributed by atoms with van der Waals surface area (Å²) in [5, 5.41) is 0. The molecule has 140 valence electrons. The van der Waals surface area contributed by atoms with E-state index in [0.29, 0.717) is 18.7 Å². The molecular weight excluding hydrogens is 354 g/mol. The molecule has 26 heavy (non-hydrogen) atoms. The molecule has 1 atom stereocenters. The van der Waals surface area contributed by atoms with E-state index in [1.54, 1.807) is 13.3 Å². The molecule has 2 N–H and O–H groups in total. The third kappa shape index (κ3) is 3.37. The van der Waals surface area contributed by atoms with E-state index in [1.165, 1.54) is 22.7 Å². The van der Waals surface area contributed by atoms with Gasteiger partial charge in [-0.2, -0.15) is 17.0 Å². The Morgan fingerprint density at radius 2 is 1.96 bits per heavy atom. The van der Waals surface area contributed by atoms with Crippen molar-refractivity contribution in [2.75, 3.05) is 33.5 Å². The molecule has 1 aromatic heterocycles. The summed E-state index contributed by atoms with van der Waals surface area (Å²) < 4.78 is 33.3. The van der Waals surface area contributed by atoms with Crippen molar-refractivity contribution in [3.8, 4) is 16.9 Å². The van der Waals surface area contributed by atoms with Gasteiger partial charge in [0.25, 0.3) is 10.2 Å². The highest BCUT2D eigenvalue weighted by atomic mass is 32.2. The van der Waals surface area contributed by atoms with Crippen LogP contribution in [0.15, 0.2) is 30.5 Å². The zero-order valence-corrected chi connectivity index (χ0v) is 15.9. The summed E-state index contributed by atoms with van der Waals surface area (Å²) in [7, 11) is 1.12. The highest BCUT2D eigenvalue weighted by molar-refractivity contribution is 7.86. The van der Waals surface area contributed by atoms with Crippen LogP contribution in [0.4, 0.5) is 5.95 Å². The average Bonchev–Trinajstić information content (AvgIpc) is 3.12. The minimum atomic E-state index is -3.55. The van der Waals surface area contributed by atoms with Crippen molar-refractivity contribution in [1.29, 1.82) is 0 Å². The van der Waals surface area contributed by atoms with E-state index < -0.39 is 10.2 Å². The number of rotatable bonds is 5. The number of nitrogen functional groups attached to an aromatic ring is 1. The number of nitrogens with zero attached hydrogens (tertiary/aromatic N) is 4. The maximum atomic E-state index is 12.7. The van der Waals surface area contributed by atoms with E-state index in [0.717, 1.165) is 23.3 Å². The zero-order chi connectivity index (χ0) is 18.9. The monoisotopic (exact) mass is 377 g/mol. The van der Waals surface area contributed by atoms with E-state index in [4.69, 9.17) is 10.5 Å². The standard InChI is InChI=1S/C17H23N5O3S/c1-21(2)26(23,24)22-10-4-5-15(22)16-14(11-19-17(18)20-16)12-6-8-13(25-3)9-7-12/h6-9,11,15H,4-5,10H2,1-3H3,(H2,18,19,20)/t15-/m1/s1. The molecule has 0 amide bonds. The molecule has 1 aromatic carbocycles. The van der Waals surface area contributed by atoms with Crippen LogP contribution in [0.1, 0.15) is 24.6 Å². The van der Waals surface area contributed by atoms with Gasteiger partial charge in [0, 0.05) is 32.4 Å². The van der Waals surface area contributed by atoms with Crippen LogP contribution in [-0.4, -0.2) is 54.7 Å². The molecule has 0 bridgehead atoms. The number of anilines is 1. The predicted octanol–water partition coefficient (Wildman–Crippen LogP) is 1.68. The van der Waals surface area contributed by atoms with Crippen LogP contribution in [0.25, 0.3) is 11.1 Å². The van der Waals surface area contributed by atoms with Gasteiger partial charge in [0.05, 0.1) is 18.8 Å². The lowest BCUT2D eigenvalue weighted by molar-refractivity contribution is 0.358. The molecule has 0 spiro atoms. The second kappa shape index (κ2) is 7.18. The smallest absolute Gasteiger partial charge is 0.282 e. The summed E-state index contributed by atoms with van der Waals surface area (Å²) in [6, 6.07) is 7.12. The molecule has 2 heterocycles. The second-order valence-electron chi connectivity index (χ2n) is 6.31. The number of aromatic nitrogens is 2. The van der Waals surface area contributed by atoms with Crippen molar-refractivity contribution in [2.45, 2.75) is 18.9 Å². The molecule has 0 unspecified atom stereocenters. The Morgan fingerprint density at radius 1 is 1.27 bits per heavy atom. The van der Waals surface area contributed by atoms with Gasteiger partial charge in [-0.05, 0) is 30.5 Å². The number of nitrogens with two attached hydrogens (primary N) is 1. The fourth-order valence-corrected chi connectivity index (χ4v) is 4.46. The van der Waals surface area contributed by atoms with Crippen LogP contribution in [-0.2, 0) is 10.2 Å². The van der Waals surface area contributed by atoms with Crippen molar-refractivity contribution in [3.05, 3.63) is 36.2 Å². The lowest BCUT2D eigenvalue weighted by Gasteiger charge is -2.27. The van der Waals surface area contributed by atoms with Gasteiger partial charge in [-0.25, -0.2) is 9.97 Å². The minimum absolute atomic E-state index is 0.131. The molecule has 2 aromatic rings. The molecule has 3 rings (SSSR count). The number of ether oxygens (including phenoxy) is 1. The third-order valence-electron chi connectivity index (χ3n) is 4.52. The Labute approximate surface area is 153 Å². The zero-order valence-electron chi connectivity index (χ0n) is 15.1. The first-order valence-corrected chi connectivity index (χ1v) is 9.70. The van der Waals surface area contributed by atoms with Crippen molar-refractivity contribution in [2.24, 2.45) is 0 Å². The van der Waals surface area contributed by atoms with Crippen molar-refractivity contribution >= 4 is 16.2 Å². The number of methoxy groups -OCH3 is 1. The van der Waals surface area contributed by atoms with E-state index in [2.05, 4.69) is 9.97 Å². The van der Waals surface area contributed by atoms with Gasteiger partial charge in [0.15, 0.2) is 0 Å². The van der Waals surface area contributed by atoms with Crippen molar-refractivity contribution in [3.63, 3.8) is 0 Å². The SMILES string of the molecule is COc1ccc(-c2cnc(N)nc2[C@H]2CCCN2S(=O)(=O)N(C)C)cc1. The summed E-state index contributed by atoms with van der Waals surface area (Å²) in [5.41, 5.74) is 8.10. The Kier molecular flexibility index (Phi) is 5.12. The van der Waals surface area contributed by atoms with E-state index in [1.807, 2.05) is 24.3 Å². The fraction of sp³-hybridized carbons (Fsp3) is 0.412. The average molecular weight is 377 g/mol. The van der Waals surface area contributed by atoms with E-state index >= 15 is 0 Å². The summed E-state index contributed by atoms with van der Waals surface area (Å²) in [6.45, 7) is 0.455. The normalized spacial score (nSPS) is 18.4. The Balaban J connectivity index is 2.08. The fourth-order valence-electron chi connectivity index (χ4n) is 3.16. The van der Waals surface area contributed by atoms with Gasteiger partial charge < -0.3 is 10.5 Å². The second-order valence-corrected chi connectivity index (χ2v) is 8.41. The molecule has 0 aliphatic carbocycles. The highest BCUT2D eigenvalue weighted by Gasteiger charge is 2.38. The van der Waals surface area contributed by atoms with Gasteiger partial charge in [-0.15, -0.1) is 0 Å². The highest BCUT2D eigenvalue weighted by Crippen LogP contribution is 2.38. The molecule has 1 saturated heterocycles. The van der Waals surface area contributed by atoms with Gasteiger partial charge in [-0.1, -0.05) is 12.1 Å². The molecule has 1 aliphatic rings. The van der Waals surface area contributed by atoms with Crippen LogP contribution in [0.3, 0.4) is 0 Å². The van der Waals surface area contributed by atoms with Crippen LogP contribution in [0.2, 0.25) is 0 Å². The summed E-state index contributed by atoms with van der Waals surface area (Å²) in [5.74, 6) is 0.871. The maximum Gasteiger partial charge on any atom is 0.282 e. The van der Waals surface area contributed by atoms with E-state index in [9.17, 15) is 8.42 Å². The molecule has 0 saturated carbocycles. The maximum absolute atomic E-state index is 12.7. The quantitative estimate of drug-likeness (QED) is 0.851. The van der Waals surface area contributed by atoms with Crippen LogP contribution >= 0.6 is 0 Å². The Bertz CT molecular complexity index is 884. The summed E-state index contributed by atoms with van der Waals surface area (Å²) in [4.78, 5) is 8.52. The molecule has 1 fully saturated rings. The topological polar surface area (TPSA) is 102 Å². The molecule has 8 nitrogen and oxygen atoms in total. The number of benzene rings is 1. The molecule has 0 radical (unpaired) electrons. The lowest BCUT2D eigenvalue weighted by Crippen LogP contribution is -2.39. The first-order chi connectivity index (χ1) is 12.3. The molecule has 1 aliphatic heterocycles. The first-order valence-electron chi connectivity index (χ1n) is 8.30. The van der Waals surface area contributed by atoms with Crippen LogP contribution in [0.5, 0.6) is 5.75 Å². The van der Waals surface area contributed by atoms with Gasteiger partial charge in [0.2, 0.25) is 5.95 Å². The summed E-state index contributed by atoms with van der Waals surface area (Å²) in [6.07, 6.45) is 3.11. The van der Waals surface area contributed by atoms with E-state index in [-0.39, 0.29) is 12.0 Å². The van der Waals surface area contributed by atoms with Crippen LogP contribution < -0.4 is 10.5 Å². The summed E-state index contributed by atoms with van der Waals surface area (Å²) >= 11 is 0. The van der Waals surface area contributed by atoms with Gasteiger partial charge >= 0.3 is 0 Å². The number of hydrogen-bond acceptors (Lipinski definition) is 6. The first kappa shape index (κ1) is 18.6. The van der Waals surface area contributed by atoms with Crippen molar-refractivity contribution in [1.82, 2.24) is 18.6 Å². The minimum Gasteiger partial charge on any atom is -0.497 e. The lowest BCUT2D eigenvalue weighted by atomic mass is 10.0.